The Balaban J connectivity index is 1.81. The summed E-state index contributed by atoms with van der Waals surface area (Å²) in [6, 6.07) is 0. The van der Waals surface area contributed by atoms with Crippen molar-refractivity contribution in [2.24, 2.45) is 23.7 Å². The molecule has 0 nitrogen and oxygen atoms in total. The van der Waals surface area contributed by atoms with E-state index in [1.165, 1.54) is 12.8 Å². The molecular weight excluding hydrogens is 168 g/mol. The van der Waals surface area contributed by atoms with Crippen molar-refractivity contribution in [1.82, 2.24) is 0 Å². The molecule has 2 rings (SSSR count). The zero-order valence-corrected chi connectivity index (χ0v) is 9.19. The van der Waals surface area contributed by atoms with Crippen LogP contribution < -0.4 is 0 Å². The van der Waals surface area contributed by atoms with E-state index in [4.69, 9.17) is 0 Å². The molecule has 1 fully saturated rings. The summed E-state index contributed by atoms with van der Waals surface area (Å²) in [7, 11) is 0. The van der Waals surface area contributed by atoms with Gasteiger partial charge >= 0.3 is 0 Å². The van der Waals surface area contributed by atoms with Crippen LogP contribution in [0.1, 0.15) is 26.7 Å². The lowest BCUT2D eigenvalue weighted by molar-refractivity contribution is 0.582. The summed E-state index contributed by atoms with van der Waals surface area (Å²) >= 11 is 0. The maximum Gasteiger partial charge on any atom is -0.00156 e. The van der Waals surface area contributed by atoms with Crippen LogP contribution >= 0.6 is 0 Å². The minimum absolute atomic E-state index is 0.650. The van der Waals surface area contributed by atoms with E-state index in [-0.39, 0.29) is 0 Å². The van der Waals surface area contributed by atoms with Gasteiger partial charge in [0.1, 0.15) is 0 Å². The number of hydrogen-bond acceptors (Lipinski definition) is 0. The summed E-state index contributed by atoms with van der Waals surface area (Å²) in [6.45, 7) is 4.71. The lowest BCUT2D eigenvalue weighted by atomic mass is 9.96. The zero-order valence-electron chi connectivity index (χ0n) is 9.19. The Kier molecular flexibility index (Phi) is 2.90. The largest absolute Gasteiger partial charge is 0.0848 e. The highest BCUT2D eigenvalue weighted by molar-refractivity contribution is 5.16. The Morgan fingerprint density at radius 1 is 1.36 bits per heavy atom. The molecule has 0 heterocycles. The smallest absolute Gasteiger partial charge is 0.00156 e. The molecule has 0 aromatic heterocycles. The van der Waals surface area contributed by atoms with Crippen LogP contribution in [-0.4, -0.2) is 0 Å². The van der Waals surface area contributed by atoms with Crippen LogP contribution in [0.2, 0.25) is 0 Å². The van der Waals surface area contributed by atoms with E-state index in [9.17, 15) is 0 Å². The molecule has 0 amide bonds. The molecule has 0 aromatic carbocycles. The number of allylic oxidation sites excluding steroid dienone is 6. The average molecular weight is 188 g/mol. The van der Waals surface area contributed by atoms with Gasteiger partial charge in [-0.2, -0.15) is 0 Å². The van der Waals surface area contributed by atoms with E-state index in [2.05, 4.69) is 50.3 Å². The van der Waals surface area contributed by atoms with Crippen LogP contribution in [0.25, 0.3) is 0 Å². The van der Waals surface area contributed by atoms with Crippen LogP contribution in [0, 0.1) is 23.7 Å². The molecule has 0 saturated heterocycles. The first-order valence-electron chi connectivity index (χ1n) is 5.79. The van der Waals surface area contributed by atoms with Gasteiger partial charge in [-0.05, 0) is 36.5 Å². The first-order chi connectivity index (χ1) is 6.77. The second-order valence-electron chi connectivity index (χ2n) is 4.83. The summed E-state index contributed by atoms with van der Waals surface area (Å²) < 4.78 is 0. The number of rotatable bonds is 3. The highest BCUT2D eigenvalue weighted by atomic mass is 14.4. The standard InChI is InChI=1S/C14H20/c1-11(14-10-12(14)2)8-9-13-6-4-3-5-7-13/h3-6,8-9,11-14H,7,10H2,1-2H3/b9-8+/t11?,12-,13?,14?/m1/s1. The molecule has 0 heteroatoms. The Hall–Kier alpha value is -0.780. The monoisotopic (exact) mass is 188 g/mol. The SMILES string of the molecule is CC(/C=C/C1C=CC=CC1)C1C[C@H]1C. The quantitative estimate of drug-likeness (QED) is 0.588. The molecular formula is C14H20. The van der Waals surface area contributed by atoms with Gasteiger partial charge in [-0.3, -0.25) is 0 Å². The highest BCUT2D eigenvalue weighted by Crippen LogP contribution is 2.44. The van der Waals surface area contributed by atoms with Crippen LogP contribution in [0.4, 0.5) is 0 Å². The van der Waals surface area contributed by atoms with Crippen molar-refractivity contribution in [1.29, 1.82) is 0 Å². The highest BCUT2D eigenvalue weighted by Gasteiger charge is 2.35. The number of hydrogen-bond donors (Lipinski definition) is 0. The molecule has 2 aliphatic rings. The van der Waals surface area contributed by atoms with Gasteiger partial charge in [0.25, 0.3) is 0 Å². The summed E-state index contributed by atoms with van der Waals surface area (Å²) in [4.78, 5) is 0. The van der Waals surface area contributed by atoms with Crippen molar-refractivity contribution in [3.05, 3.63) is 36.5 Å². The Morgan fingerprint density at radius 2 is 2.14 bits per heavy atom. The van der Waals surface area contributed by atoms with Gasteiger partial charge in [0.15, 0.2) is 0 Å². The van der Waals surface area contributed by atoms with Crippen molar-refractivity contribution in [2.45, 2.75) is 26.7 Å². The predicted molar refractivity (Wildman–Crippen MR) is 62.0 cm³/mol. The van der Waals surface area contributed by atoms with Gasteiger partial charge in [0, 0.05) is 0 Å². The molecule has 2 aliphatic carbocycles. The van der Waals surface area contributed by atoms with Crippen LogP contribution in [0.15, 0.2) is 36.5 Å². The van der Waals surface area contributed by atoms with Crippen molar-refractivity contribution in [3.8, 4) is 0 Å². The van der Waals surface area contributed by atoms with E-state index >= 15 is 0 Å². The molecule has 0 aliphatic heterocycles. The lowest BCUT2D eigenvalue weighted by Crippen LogP contribution is -1.97. The van der Waals surface area contributed by atoms with Crippen molar-refractivity contribution in [2.75, 3.05) is 0 Å². The van der Waals surface area contributed by atoms with Crippen molar-refractivity contribution >= 4 is 0 Å². The molecule has 0 bridgehead atoms. The fraction of sp³-hybridized carbons (Fsp3) is 0.571. The van der Waals surface area contributed by atoms with Crippen molar-refractivity contribution in [3.63, 3.8) is 0 Å². The van der Waals surface area contributed by atoms with E-state index in [1.54, 1.807) is 0 Å². The minimum Gasteiger partial charge on any atom is -0.0848 e. The molecule has 0 N–H and O–H groups in total. The molecule has 4 atom stereocenters. The van der Waals surface area contributed by atoms with Gasteiger partial charge in [0.2, 0.25) is 0 Å². The van der Waals surface area contributed by atoms with Gasteiger partial charge in [-0.15, -0.1) is 0 Å². The Labute approximate surface area is 87.4 Å². The Bertz CT molecular complexity index is 270. The third-order valence-corrected chi connectivity index (χ3v) is 3.52. The fourth-order valence-electron chi connectivity index (χ4n) is 2.29. The van der Waals surface area contributed by atoms with Crippen LogP contribution in [0.5, 0.6) is 0 Å². The maximum atomic E-state index is 2.42. The molecule has 14 heavy (non-hydrogen) atoms. The fourth-order valence-corrected chi connectivity index (χ4v) is 2.29. The van der Waals surface area contributed by atoms with Gasteiger partial charge in [0.05, 0.1) is 0 Å². The molecule has 0 radical (unpaired) electrons. The summed E-state index contributed by atoms with van der Waals surface area (Å²) in [6.07, 6.45) is 16.3. The van der Waals surface area contributed by atoms with Crippen molar-refractivity contribution < 1.29 is 0 Å². The topological polar surface area (TPSA) is 0 Å². The third kappa shape index (κ3) is 2.37. The third-order valence-electron chi connectivity index (χ3n) is 3.52. The van der Waals surface area contributed by atoms with E-state index in [0.717, 1.165) is 17.8 Å². The second-order valence-corrected chi connectivity index (χ2v) is 4.83. The van der Waals surface area contributed by atoms with Gasteiger partial charge in [-0.1, -0.05) is 50.3 Å². The van der Waals surface area contributed by atoms with Crippen LogP contribution in [0.3, 0.4) is 0 Å². The summed E-state index contributed by atoms with van der Waals surface area (Å²) in [5.41, 5.74) is 0. The van der Waals surface area contributed by atoms with Gasteiger partial charge < -0.3 is 0 Å². The van der Waals surface area contributed by atoms with Gasteiger partial charge in [-0.25, -0.2) is 0 Å². The summed E-state index contributed by atoms with van der Waals surface area (Å²) in [5.74, 6) is 3.37. The van der Waals surface area contributed by atoms with E-state index in [0.29, 0.717) is 5.92 Å². The van der Waals surface area contributed by atoms with E-state index < -0.39 is 0 Å². The Morgan fingerprint density at radius 3 is 2.71 bits per heavy atom. The lowest BCUT2D eigenvalue weighted by Gasteiger charge is -2.09. The average Bonchev–Trinajstić information content (AvgIpc) is 2.94. The minimum atomic E-state index is 0.650. The molecule has 1 saturated carbocycles. The summed E-state index contributed by atoms with van der Waals surface area (Å²) in [5, 5.41) is 0. The zero-order chi connectivity index (χ0) is 9.97. The molecule has 76 valence electrons. The predicted octanol–water partition coefficient (Wildman–Crippen LogP) is 3.97. The molecule has 3 unspecified atom stereocenters. The maximum absolute atomic E-state index is 2.42. The first-order valence-corrected chi connectivity index (χ1v) is 5.79. The second kappa shape index (κ2) is 4.16. The molecule has 0 aromatic rings. The first kappa shape index (κ1) is 9.76. The van der Waals surface area contributed by atoms with Crippen LogP contribution in [-0.2, 0) is 0 Å². The normalized spacial score (nSPS) is 37.7. The molecule has 0 spiro atoms. The van der Waals surface area contributed by atoms with E-state index in [1.807, 2.05) is 0 Å².